The van der Waals surface area contributed by atoms with Crippen LogP contribution in [0.2, 0.25) is 5.02 Å². The van der Waals surface area contributed by atoms with Gasteiger partial charge in [-0.1, -0.05) is 23.7 Å². The van der Waals surface area contributed by atoms with Crippen molar-refractivity contribution in [2.45, 2.75) is 11.5 Å². The van der Waals surface area contributed by atoms with Gasteiger partial charge in [-0.25, -0.2) is 4.79 Å². The zero-order chi connectivity index (χ0) is 16.1. The van der Waals surface area contributed by atoms with Crippen molar-refractivity contribution in [3.63, 3.8) is 0 Å². The summed E-state index contributed by atoms with van der Waals surface area (Å²) in [6.07, 6.45) is 1.97. The molecule has 2 aromatic rings. The maximum atomic E-state index is 12.0. The highest BCUT2D eigenvalue weighted by Gasteiger charge is 2.21. The summed E-state index contributed by atoms with van der Waals surface area (Å²) in [4.78, 5) is 23.4. The average Bonchev–Trinajstić information content (AvgIpc) is 2.52. The van der Waals surface area contributed by atoms with E-state index in [1.807, 2.05) is 30.5 Å². The van der Waals surface area contributed by atoms with Crippen molar-refractivity contribution in [2.75, 3.05) is 6.26 Å². The molecule has 0 saturated heterocycles. The van der Waals surface area contributed by atoms with E-state index in [-0.39, 0.29) is 22.9 Å². The molecule has 0 unspecified atom stereocenters. The summed E-state index contributed by atoms with van der Waals surface area (Å²) in [5, 5.41) is 11.2. The van der Waals surface area contributed by atoms with Gasteiger partial charge in [0.15, 0.2) is 0 Å². The molecule has 0 aliphatic carbocycles. The lowest BCUT2D eigenvalue weighted by molar-refractivity contribution is -0.385. The Kier molecular flexibility index (Phi) is 5.41. The number of halogens is 1. The highest BCUT2D eigenvalue weighted by Crippen LogP contribution is 2.24. The summed E-state index contributed by atoms with van der Waals surface area (Å²) in [6.45, 7) is 0.0389. The number of hydrogen-bond donors (Lipinski definition) is 0. The summed E-state index contributed by atoms with van der Waals surface area (Å²) < 4.78 is 5.12. The third-order valence-corrected chi connectivity index (χ3v) is 3.88. The maximum absolute atomic E-state index is 12.0. The van der Waals surface area contributed by atoms with Crippen molar-refractivity contribution in [1.29, 1.82) is 0 Å². The number of benzene rings is 2. The van der Waals surface area contributed by atoms with Crippen molar-refractivity contribution in [3.05, 3.63) is 68.7 Å². The zero-order valence-corrected chi connectivity index (χ0v) is 13.2. The molecule has 2 rings (SSSR count). The van der Waals surface area contributed by atoms with Gasteiger partial charge in [0.05, 0.1) is 4.92 Å². The number of carbonyl (C=O) groups excluding carboxylic acids is 1. The monoisotopic (exact) mass is 337 g/mol. The molecule has 0 spiro atoms. The van der Waals surface area contributed by atoms with Crippen molar-refractivity contribution < 1.29 is 14.5 Å². The van der Waals surface area contributed by atoms with Crippen LogP contribution in [0.4, 0.5) is 5.69 Å². The third-order valence-electron chi connectivity index (χ3n) is 2.90. The van der Waals surface area contributed by atoms with Gasteiger partial charge >= 0.3 is 5.97 Å². The van der Waals surface area contributed by atoms with Gasteiger partial charge in [-0.15, -0.1) is 11.8 Å². The molecule has 0 aromatic heterocycles. The van der Waals surface area contributed by atoms with Crippen LogP contribution in [0, 0.1) is 10.1 Å². The Morgan fingerprint density at radius 3 is 2.55 bits per heavy atom. The minimum absolute atomic E-state index is 0.0389. The number of carbonyl (C=O) groups is 1. The predicted molar refractivity (Wildman–Crippen MR) is 85.4 cm³/mol. The number of esters is 1. The Bertz CT molecular complexity index is 703. The molecule has 0 aliphatic rings. The van der Waals surface area contributed by atoms with Gasteiger partial charge in [0.25, 0.3) is 5.69 Å². The highest BCUT2D eigenvalue weighted by atomic mass is 35.5. The molecule has 0 radical (unpaired) electrons. The van der Waals surface area contributed by atoms with Crippen LogP contribution in [0.5, 0.6) is 0 Å². The summed E-state index contributed by atoms with van der Waals surface area (Å²) in [6, 6.07) is 11.3. The lowest BCUT2D eigenvalue weighted by atomic mass is 10.2. The predicted octanol–water partition coefficient (Wildman–Crippen LogP) is 4.33. The molecule has 5 nitrogen and oxygen atoms in total. The normalized spacial score (nSPS) is 10.3. The minimum Gasteiger partial charge on any atom is -0.457 e. The molecule has 0 heterocycles. The van der Waals surface area contributed by atoms with Gasteiger partial charge in [-0.2, -0.15) is 0 Å². The second-order valence-electron chi connectivity index (χ2n) is 4.34. The molecule has 0 fully saturated rings. The smallest absolute Gasteiger partial charge is 0.345 e. The fourth-order valence-electron chi connectivity index (χ4n) is 1.78. The van der Waals surface area contributed by atoms with E-state index >= 15 is 0 Å². The van der Waals surface area contributed by atoms with Crippen LogP contribution >= 0.6 is 23.4 Å². The zero-order valence-electron chi connectivity index (χ0n) is 11.6. The Morgan fingerprint density at radius 2 is 1.95 bits per heavy atom. The second kappa shape index (κ2) is 7.29. The van der Waals surface area contributed by atoms with Gasteiger partial charge in [-0.05, 0) is 36.1 Å². The lowest BCUT2D eigenvalue weighted by Crippen LogP contribution is -2.08. The Labute approximate surface area is 136 Å². The summed E-state index contributed by atoms with van der Waals surface area (Å²) in [5.74, 6) is -0.775. The van der Waals surface area contributed by atoms with Crippen LogP contribution in [-0.4, -0.2) is 17.1 Å². The summed E-state index contributed by atoms with van der Waals surface area (Å²) >= 11 is 7.39. The first-order valence-electron chi connectivity index (χ1n) is 6.25. The number of rotatable bonds is 5. The van der Waals surface area contributed by atoms with Gasteiger partial charge < -0.3 is 4.74 Å². The van der Waals surface area contributed by atoms with E-state index in [9.17, 15) is 14.9 Å². The van der Waals surface area contributed by atoms with E-state index < -0.39 is 10.9 Å². The SMILES string of the molecule is CSc1ccc(COC(=O)c2cc(Cl)ccc2[N+](=O)[O-])cc1. The molecule has 7 heteroatoms. The summed E-state index contributed by atoms with van der Waals surface area (Å²) in [5.41, 5.74) is 0.321. The van der Waals surface area contributed by atoms with Gasteiger partial charge in [0.1, 0.15) is 12.2 Å². The number of ether oxygens (including phenoxy) is 1. The van der Waals surface area contributed by atoms with Crippen LogP contribution < -0.4 is 0 Å². The second-order valence-corrected chi connectivity index (χ2v) is 5.66. The quantitative estimate of drug-likeness (QED) is 0.351. The fourth-order valence-corrected chi connectivity index (χ4v) is 2.36. The standard InChI is InChI=1S/C15H12ClNO4S/c1-22-12-5-2-10(3-6-12)9-21-15(18)13-8-11(16)4-7-14(13)17(19)20/h2-8H,9H2,1H3. The van der Waals surface area contributed by atoms with Gasteiger partial charge in [0, 0.05) is 16.0 Å². The first kappa shape index (κ1) is 16.3. The van der Waals surface area contributed by atoms with Gasteiger partial charge in [0.2, 0.25) is 0 Å². The molecular formula is C15H12ClNO4S. The van der Waals surface area contributed by atoms with E-state index in [0.29, 0.717) is 0 Å². The average molecular weight is 338 g/mol. The van der Waals surface area contributed by atoms with Crippen LogP contribution in [0.25, 0.3) is 0 Å². The molecule has 0 saturated carbocycles. The molecule has 0 N–H and O–H groups in total. The highest BCUT2D eigenvalue weighted by molar-refractivity contribution is 7.98. The molecule has 0 amide bonds. The van der Waals surface area contributed by atoms with E-state index in [4.69, 9.17) is 16.3 Å². The van der Waals surface area contributed by atoms with E-state index in [1.54, 1.807) is 11.8 Å². The molecule has 0 atom stereocenters. The van der Waals surface area contributed by atoms with Crippen molar-refractivity contribution >= 4 is 35.0 Å². The van der Waals surface area contributed by atoms with E-state index in [1.165, 1.54) is 18.2 Å². The fraction of sp³-hybridized carbons (Fsp3) is 0.133. The van der Waals surface area contributed by atoms with Crippen molar-refractivity contribution in [2.24, 2.45) is 0 Å². The first-order valence-corrected chi connectivity index (χ1v) is 7.85. The van der Waals surface area contributed by atoms with Crippen molar-refractivity contribution in [1.82, 2.24) is 0 Å². The number of nitro benzene ring substituents is 1. The van der Waals surface area contributed by atoms with E-state index in [0.717, 1.165) is 10.5 Å². The number of nitro groups is 1. The number of nitrogens with zero attached hydrogens (tertiary/aromatic N) is 1. The molecule has 0 bridgehead atoms. The van der Waals surface area contributed by atoms with E-state index in [2.05, 4.69) is 0 Å². The minimum atomic E-state index is -0.775. The number of thioether (sulfide) groups is 1. The molecule has 2 aromatic carbocycles. The molecule has 0 aliphatic heterocycles. The third kappa shape index (κ3) is 3.99. The lowest BCUT2D eigenvalue weighted by Gasteiger charge is -2.06. The first-order chi connectivity index (χ1) is 10.5. The van der Waals surface area contributed by atoms with Crippen LogP contribution in [0.15, 0.2) is 47.4 Å². The van der Waals surface area contributed by atoms with Gasteiger partial charge in [-0.3, -0.25) is 10.1 Å². The Morgan fingerprint density at radius 1 is 1.27 bits per heavy atom. The van der Waals surface area contributed by atoms with Crippen LogP contribution in [-0.2, 0) is 11.3 Å². The summed E-state index contributed by atoms with van der Waals surface area (Å²) in [7, 11) is 0. The number of hydrogen-bond acceptors (Lipinski definition) is 5. The molecular weight excluding hydrogens is 326 g/mol. The van der Waals surface area contributed by atoms with Crippen molar-refractivity contribution in [3.8, 4) is 0 Å². The van der Waals surface area contributed by atoms with Crippen LogP contribution in [0.1, 0.15) is 15.9 Å². The largest absolute Gasteiger partial charge is 0.457 e. The molecule has 114 valence electrons. The Balaban J connectivity index is 2.11. The maximum Gasteiger partial charge on any atom is 0.345 e. The molecule has 22 heavy (non-hydrogen) atoms. The van der Waals surface area contributed by atoms with Crippen LogP contribution in [0.3, 0.4) is 0 Å². The topological polar surface area (TPSA) is 69.4 Å². The Hall–Kier alpha value is -2.05.